The third-order valence-electron chi connectivity index (χ3n) is 4.63. The molecule has 3 aromatic rings. The van der Waals surface area contributed by atoms with E-state index in [1.54, 1.807) is 6.07 Å². The molecule has 1 aliphatic heterocycles. The minimum absolute atomic E-state index is 0.279. The van der Waals surface area contributed by atoms with E-state index in [2.05, 4.69) is 10.3 Å². The molecule has 1 saturated heterocycles. The smallest absolute Gasteiger partial charge is 0.378 e. The fourth-order valence-electron chi connectivity index (χ4n) is 3.18. The molecule has 1 aliphatic rings. The molecule has 0 saturated carbocycles. The highest BCUT2D eigenvalue weighted by molar-refractivity contribution is 7.19. The van der Waals surface area contributed by atoms with Crippen LogP contribution in [0.15, 0.2) is 48.5 Å². The molecule has 1 amide bonds. The summed E-state index contributed by atoms with van der Waals surface area (Å²) in [5, 5.41) is 2.94. The van der Waals surface area contributed by atoms with Crippen molar-refractivity contribution in [3.63, 3.8) is 0 Å². The number of hydrogen-bond acceptors (Lipinski definition) is 5. The van der Waals surface area contributed by atoms with Crippen molar-refractivity contribution in [1.29, 1.82) is 0 Å². The van der Waals surface area contributed by atoms with Gasteiger partial charge in [0.15, 0.2) is 0 Å². The molecular weight excluding hydrogens is 415 g/mol. The Morgan fingerprint density at radius 2 is 1.93 bits per heavy atom. The summed E-state index contributed by atoms with van der Waals surface area (Å²) in [6.45, 7) is 1.98. The summed E-state index contributed by atoms with van der Waals surface area (Å²) in [6.07, 6.45) is -1.91. The number of anilines is 2. The van der Waals surface area contributed by atoms with E-state index in [0.29, 0.717) is 37.0 Å². The molecule has 4 rings (SSSR count). The first-order valence-electron chi connectivity index (χ1n) is 9.29. The minimum atomic E-state index is -4.60. The number of carbonyl (C=O) groups is 1. The van der Waals surface area contributed by atoms with Gasteiger partial charge in [-0.25, -0.2) is 4.98 Å². The Hall–Kier alpha value is -2.91. The number of morpholine rings is 1. The zero-order valence-corrected chi connectivity index (χ0v) is 16.6. The van der Waals surface area contributed by atoms with E-state index in [9.17, 15) is 18.0 Å². The predicted octanol–water partition coefficient (Wildman–Crippen LogP) is 4.80. The van der Waals surface area contributed by atoms with Gasteiger partial charge in [-0.3, -0.25) is 4.79 Å². The number of nitrogens with one attached hydrogen (secondary N) is 1. The lowest BCUT2D eigenvalue weighted by atomic mass is 10.1. The number of halogens is 3. The summed E-state index contributed by atoms with van der Waals surface area (Å²) in [6, 6.07) is 11.5. The number of ether oxygens (including phenoxy) is 1. The molecule has 0 spiro atoms. The van der Waals surface area contributed by atoms with Crippen molar-refractivity contribution >= 4 is 44.9 Å². The van der Waals surface area contributed by atoms with E-state index in [4.69, 9.17) is 4.74 Å². The minimum Gasteiger partial charge on any atom is -0.378 e. The van der Waals surface area contributed by atoms with Gasteiger partial charge < -0.3 is 15.0 Å². The third-order valence-corrected chi connectivity index (χ3v) is 5.63. The average molecular weight is 433 g/mol. The quantitative estimate of drug-likeness (QED) is 0.601. The van der Waals surface area contributed by atoms with Gasteiger partial charge in [-0.1, -0.05) is 12.1 Å². The van der Waals surface area contributed by atoms with Gasteiger partial charge in [0.05, 0.1) is 34.7 Å². The number of para-hydroxylation sites is 1. The number of nitrogens with zero attached hydrogens (tertiary/aromatic N) is 2. The molecular formula is C21H18F3N3O2S. The number of fused-ring (bicyclic) bond motifs is 1. The van der Waals surface area contributed by atoms with Gasteiger partial charge in [-0.05, 0) is 36.4 Å². The van der Waals surface area contributed by atoms with E-state index in [-0.39, 0.29) is 5.69 Å². The molecule has 5 nitrogen and oxygen atoms in total. The Morgan fingerprint density at radius 1 is 1.17 bits per heavy atom. The lowest BCUT2D eigenvalue weighted by Crippen LogP contribution is -2.36. The van der Waals surface area contributed by atoms with Crippen LogP contribution in [0.25, 0.3) is 16.3 Å². The second-order valence-corrected chi connectivity index (χ2v) is 7.73. The number of carbonyl (C=O) groups excluding carboxylic acids is 1. The number of hydrogen-bond donors (Lipinski definition) is 1. The highest BCUT2D eigenvalue weighted by Gasteiger charge is 2.34. The van der Waals surface area contributed by atoms with Crippen LogP contribution >= 0.6 is 11.3 Å². The van der Waals surface area contributed by atoms with Crippen molar-refractivity contribution in [2.75, 3.05) is 36.5 Å². The van der Waals surface area contributed by atoms with Crippen molar-refractivity contribution in [2.45, 2.75) is 6.18 Å². The Labute approximate surface area is 174 Å². The van der Waals surface area contributed by atoms with Gasteiger partial charge in [-0.15, -0.1) is 11.3 Å². The number of thiazole rings is 1. The van der Waals surface area contributed by atoms with E-state index >= 15 is 0 Å². The molecule has 0 bridgehead atoms. The Balaban J connectivity index is 1.52. The number of alkyl halides is 3. The summed E-state index contributed by atoms with van der Waals surface area (Å²) in [5.74, 6) is -0.654. The van der Waals surface area contributed by atoms with Gasteiger partial charge in [0, 0.05) is 24.9 Å². The molecule has 1 fully saturated rings. The molecule has 2 heterocycles. The van der Waals surface area contributed by atoms with E-state index < -0.39 is 17.6 Å². The standard InChI is InChI=1S/C21H18F3N3O2S/c22-21(23,24)15-13-14(27-9-11-29-12-10-27)5-6-16(15)25-19(28)7-8-20-26-17-3-1-2-4-18(17)30-20/h1-8,13H,9-12H2,(H,25,28)/b8-7+. The van der Waals surface area contributed by atoms with E-state index in [1.807, 2.05) is 29.2 Å². The highest BCUT2D eigenvalue weighted by Crippen LogP contribution is 2.37. The van der Waals surface area contributed by atoms with Gasteiger partial charge in [0.1, 0.15) is 5.01 Å². The molecule has 1 aromatic heterocycles. The van der Waals surface area contributed by atoms with Gasteiger partial charge in [-0.2, -0.15) is 13.2 Å². The van der Waals surface area contributed by atoms with E-state index in [1.165, 1.54) is 29.6 Å². The first kappa shape index (κ1) is 20.4. The molecule has 0 unspecified atom stereocenters. The first-order chi connectivity index (χ1) is 14.4. The summed E-state index contributed by atoms with van der Waals surface area (Å²) >= 11 is 1.40. The molecule has 0 radical (unpaired) electrons. The van der Waals surface area contributed by atoms with Crippen LogP contribution < -0.4 is 10.2 Å². The molecule has 2 aromatic carbocycles. The summed E-state index contributed by atoms with van der Waals surface area (Å²) in [5.41, 5.74) is 0.0981. The van der Waals surface area contributed by atoms with Crippen molar-refractivity contribution in [3.05, 3.63) is 59.1 Å². The Kier molecular flexibility index (Phi) is 5.74. The summed E-state index contributed by atoms with van der Waals surface area (Å²) in [7, 11) is 0. The second kappa shape index (κ2) is 8.45. The van der Waals surface area contributed by atoms with Crippen molar-refractivity contribution in [3.8, 4) is 0 Å². The van der Waals surface area contributed by atoms with Gasteiger partial charge in [0.2, 0.25) is 5.91 Å². The average Bonchev–Trinajstić information content (AvgIpc) is 3.15. The second-order valence-electron chi connectivity index (χ2n) is 6.67. The fourth-order valence-corrected chi connectivity index (χ4v) is 4.05. The number of aromatic nitrogens is 1. The molecule has 9 heteroatoms. The molecule has 30 heavy (non-hydrogen) atoms. The number of benzene rings is 2. The van der Waals surface area contributed by atoms with Gasteiger partial charge >= 0.3 is 6.18 Å². The van der Waals surface area contributed by atoms with Crippen LogP contribution in [0.3, 0.4) is 0 Å². The summed E-state index contributed by atoms with van der Waals surface area (Å²) < 4.78 is 47.0. The normalized spacial score (nSPS) is 15.1. The largest absolute Gasteiger partial charge is 0.418 e. The zero-order chi connectivity index (χ0) is 21.1. The van der Waals surface area contributed by atoms with Gasteiger partial charge in [0.25, 0.3) is 0 Å². The van der Waals surface area contributed by atoms with Crippen molar-refractivity contribution in [2.24, 2.45) is 0 Å². The maximum Gasteiger partial charge on any atom is 0.418 e. The Morgan fingerprint density at radius 3 is 2.67 bits per heavy atom. The molecule has 0 atom stereocenters. The van der Waals surface area contributed by atoms with Crippen LogP contribution in [0.2, 0.25) is 0 Å². The number of amides is 1. The van der Waals surface area contributed by atoms with Crippen LogP contribution in [0, 0.1) is 0 Å². The van der Waals surface area contributed by atoms with Crippen LogP contribution in [-0.2, 0) is 15.7 Å². The lowest BCUT2D eigenvalue weighted by molar-refractivity contribution is -0.136. The molecule has 1 N–H and O–H groups in total. The summed E-state index contributed by atoms with van der Waals surface area (Å²) in [4.78, 5) is 18.4. The monoisotopic (exact) mass is 433 g/mol. The number of rotatable bonds is 4. The maximum atomic E-state index is 13.6. The molecule has 0 aliphatic carbocycles. The first-order valence-corrected chi connectivity index (χ1v) is 10.1. The third kappa shape index (κ3) is 4.63. The van der Waals surface area contributed by atoms with E-state index in [0.717, 1.165) is 16.3 Å². The fraction of sp³-hybridized carbons (Fsp3) is 0.238. The maximum absolute atomic E-state index is 13.6. The lowest BCUT2D eigenvalue weighted by Gasteiger charge is -2.29. The topological polar surface area (TPSA) is 54.5 Å². The van der Waals surface area contributed by atoms with Crippen LogP contribution in [-0.4, -0.2) is 37.2 Å². The zero-order valence-electron chi connectivity index (χ0n) is 15.8. The highest BCUT2D eigenvalue weighted by atomic mass is 32.1. The Bertz CT molecular complexity index is 1060. The SMILES string of the molecule is O=C(/C=C/c1nc2ccccc2s1)Nc1ccc(N2CCOCC2)cc1C(F)(F)F. The van der Waals surface area contributed by atoms with Crippen LogP contribution in [0.1, 0.15) is 10.6 Å². The van der Waals surface area contributed by atoms with Crippen molar-refractivity contribution < 1.29 is 22.7 Å². The van der Waals surface area contributed by atoms with Crippen LogP contribution in [0.4, 0.5) is 24.5 Å². The van der Waals surface area contributed by atoms with Crippen LogP contribution in [0.5, 0.6) is 0 Å². The predicted molar refractivity (Wildman–Crippen MR) is 112 cm³/mol. The molecule has 156 valence electrons. The van der Waals surface area contributed by atoms with Crippen molar-refractivity contribution in [1.82, 2.24) is 4.98 Å².